The van der Waals surface area contributed by atoms with E-state index in [2.05, 4.69) is 20.3 Å². The van der Waals surface area contributed by atoms with E-state index in [9.17, 15) is 9.59 Å². The smallest absolute Gasteiger partial charge is 0.357 e. The summed E-state index contributed by atoms with van der Waals surface area (Å²) in [7, 11) is 0. The average molecular weight is 322 g/mol. The Hall–Kier alpha value is -2.55. The predicted molar refractivity (Wildman–Crippen MR) is 79.3 cm³/mol. The lowest BCUT2D eigenvalue weighted by Crippen LogP contribution is -2.09. The Kier molecular flexibility index (Phi) is 5.37. The Morgan fingerprint density at radius 2 is 2.14 bits per heavy atom. The van der Waals surface area contributed by atoms with Crippen LogP contribution in [0.5, 0.6) is 0 Å². The van der Waals surface area contributed by atoms with Crippen LogP contribution in [0, 0.1) is 0 Å². The summed E-state index contributed by atoms with van der Waals surface area (Å²) in [4.78, 5) is 34.0. The summed E-state index contributed by atoms with van der Waals surface area (Å²) in [6.45, 7) is 2.60. The number of thiazole rings is 1. The number of carboxylic acids is 1. The van der Waals surface area contributed by atoms with Gasteiger partial charge in [-0.15, -0.1) is 11.3 Å². The van der Waals surface area contributed by atoms with Crippen molar-refractivity contribution in [3.63, 3.8) is 0 Å². The van der Waals surface area contributed by atoms with Crippen molar-refractivity contribution >= 4 is 29.1 Å². The Balaban J connectivity index is 1.83. The highest BCUT2D eigenvalue weighted by molar-refractivity contribution is 7.09. The molecule has 0 amide bonds. The Labute approximate surface area is 130 Å². The van der Waals surface area contributed by atoms with Gasteiger partial charge in [-0.05, 0) is 6.92 Å². The zero-order valence-corrected chi connectivity index (χ0v) is 12.6. The molecule has 0 aliphatic rings. The third kappa shape index (κ3) is 4.22. The molecule has 8 nitrogen and oxygen atoms in total. The van der Waals surface area contributed by atoms with Gasteiger partial charge in [0, 0.05) is 18.3 Å². The molecule has 2 aromatic heterocycles. The maximum Gasteiger partial charge on any atom is 0.357 e. The van der Waals surface area contributed by atoms with Crippen molar-refractivity contribution in [2.24, 2.45) is 0 Å². The third-order valence-corrected chi connectivity index (χ3v) is 3.46. The van der Waals surface area contributed by atoms with Crippen molar-refractivity contribution in [3.05, 3.63) is 34.2 Å². The molecule has 0 spiro atoms. The van der Waals surface area contributed by atoms with E-state index in [0.29, 0.717) is 31.1 Å². The van der Waals surface area contributed by atoms with E-state index in [4.69, 9.17) is 9.84 Å². The second-order valence-electron chi connectivity index (χ2n) is 4.12. The molecule has 0 aliphatic heterocycles. The fourth-order valence-electron chi connectivity index (χ4n) is 1.55. The first-order chi connectivity index (χ1) is 10.6. The normalized spacial score (nSPS) is 10.2. The van der Waals surface area contributed by atoms with Crippen LogP contribution in [0.15, 0.2) is 17.8 Å². The number of carboxylic acid groups (broad SMARTS) is 1. The second-order valence-corrected chi connectivity index (χ2v) is 5.06. The van der Waals surface area contributed by atoms with Crippen LogP contribution in [0.1, 0.15) is 32.9 Å². The summed E-state index contributed by atoms with van der Waals surface area (Å²) in [5.74, 6) is -1.06. The van der Waals surface area contributed by atoms with Gasteiger partial charge in [0.25, 0.3) is 0 Å². The number of esters is 1. The molecule has 0 aromatic carbocycles. The van der Waals surface area contributed by atoms with Crippen LogP contribution in [0.4, 0.5) is 5.82 Å². The molecule has 22 heavy (non-hydrogen) atoms. The summed E-state index contributed by atoms with van der Waals surface area (Å²) in [6.07, 6.45) is 3.15. The van der Waals surface area contributed by atoms with Crippen molar-refractivity contribution in [2.75, 3.05) is 18.5 Å². The number of carbonyl (C=O) groups excluding carboxylic acids is 1. The highest BCUT2D eigenvalue weighted by atomic mass is 32.1. The zero-order chi connectivity index (χ0) is 15.9. The fraction of sp³-hybridized carbons (Fsp3) is 0.308. The van der Waals surface area contributed by atoms with Gasteiger partial charge in [0.05, 0.1) is 24.0 Å². The molecular formula is C13H14N4O4S. The number of nitrogens with zero attached hydrogens (tertiary/aromatic N) is 3. The highest BCUT2D eigenvalue weighted by Gasteiger charge is 2.11. The summed E-state index contributed by atoms with van der Waals surface area (Å²) < 4.78 is 4.87. The minimum absolute atomic E-state index is 0.107. The molecule has 9 heteroatoms. The number of aromatic nitrogens is 3. The quantitative estimate of drug-likeness (QED) is 0.736. The molecule has 0 fully saturated rings. The van der Waals surface area contributed by atoms with E-state index in [0.717, 1.165) is 5.01 Å². The van der Waals surface area contributed by atoms with Gasteiger partial charge < -0.3 is 15.2 Å². The number of hydrogen-bond donors (Lipinski definition) is 2. The number of nitrogens with one attached hydrogen (secondary N) is 1. The van der Waals surface area contributed by atoms with Gasteiger partial charge in [-0.3, -0.25) is 0 Å². The minimum atomic E-state index is -1.12. The molecule has 0 saturated heterocycles. The lowest BCUT2D eigenvalue weighted by molar-refractivity contribution is 0.0519. The molecule has 2 N–H and O–H groups in total. The Bertz CT molecular complexity index is 656. The van der Waals surface area contributed by atoms with Crippen LogP contribution < -0.4 is 5.32 Å². The number of carbonyl (C=O) groups is 2. The van der Waals surface area contributed by atoms with Crippen molar-refractivity contribution in [1.82, 2.24) is 15.0 Å². The third-order valence-electron chi connectivity index (χ3n) is 2.55. The summed E-state index contributed by atoms with van der Waals surface area (Å²) >= 11 is 1.38. The number of anilines is 1. The fourth-order valence-corrected chi connectivity index (χ4v) is 2.32. The Morgan fingerprint density at radius 3 is 2.77 bits per heavy atom. The number of aromatic carboxylic acids is 1. The second kappa shape index (κ2) is 7.46. The lowest BCUT2D eigenvalue weighted by Gasteiger charge is -2.03. The molecule has 0 atom stereocenters. The molecule has 2 aromatic rings. The molecule has 0 saturated carbocycles. The molecular weight excluding hydrogens is 308 g/mol. The van der Waals surface area contributed by atoms with Crippen LogP contribution in [0.25, 0.3) is 0 Å². The van der Waals surface area contributed by atoms with E-state index in [1.54, 1.807) is 12.3 Å². The van der Waals surface area contributed by atoms with E-state index in [1.165, 1.54) is 23.7 Å². The van der Waals surface area contributed by atoms with Crippen molar-refractivity contribution in [1.29, 1.82) is 0 Å². The summed E-state index contributed by atoms with van der Waals surface area (Å²) in [6, 6.07) is 0. The van der Waals surface area contributed by atoms with Crippen molar-refractivity contribution in [2.45, 2.75) is 13.3 Å². The van der Waals surface area contributed by atoms with E-state index < -0.39 is 11.9 Å². The Morgan fingerprint density at radius 1 is 1.32 bits per heavy atom. The maximum atomic E-state index is 11.5. The van der Waals surface area contributed by atoms with Gasteiger partial charge in [-0.1, -0.05) is 0 Å². The molecule has 2 heterocycles. The van der Waals surface area contributed by atoms with Gasteiger partial charge in [-0.2, -0.15) is 0 Å². The molecule has 116 valence electrons. The van der Waals surface area contributed by atoms with Gasteiger partial charge in [0.15, 0.2) is 11.4 Å². The van der Waals surface area contributed by atoms with E-state index in [1.807, 2.05) is 0 Å². The molecule has 0 bridgehead atoms. The zero-order valence-electron chi connectivity index (χ0n) is 11.8. The number of rotatable bonds is 7. The number of ether oxygens (including phenoxy) is 1. The first kappa shape index (κ1) is 15.8. The van der Waals surface area contributed by atoms with Gasteiger partial charge >= 0.3 is 11.9 Å². The maximum absolute atomic E-state index is 11.5. The molecule has 2 rings (SSSR count). The first-order valence-corrected chi connectivity index (χ1v) is 7.39. The van der Waals surface area contributed by atoms with Gasteiger partial charge in [-0.25, -0.2) is 24.5 Å². The van der Waals surface area contributed by atoms with Crippen molar-refractivity contribution in [3.8, 4) is 0 Å². The summed E-state index contributed by atoms with van der Waals surface area (Å²) in [5, 5.41) is 14.2. The lowest BCUT2D eigenvalue weighted by atomic mass is 10.4. The monoisotopic (exact) mass is 322 g/mol. The standard InChI is InChI=1S/C13H14N4O4S/c1-2-21-13(20)9-7-22-11(17-9)3-4-14-10-6-15-8(5-16-10)12(18)19/h5-7H,2-4H2,1H3,(H,14,16)(H,18,19). The highest BCUT2D eigenvalue weighted by Crippen LogP contribution is 2.12. The molecule has 0 unspecified atom stereocenters. The van der Waals surface area contributed by atoms with Crippen LogP contribution in [-0.2, 0) is 11.2 Å². The predicted octanol–water partition coefficient (Wildman–Crippen LogP) is 1.46. The first-order valence-electron chi connectivity index (χ1n) is 6.51. The van der Waals surface area contributed by atoms with Gasteiger partial charge in [0.1, 0.15) is 5.82 Å². The van der Waals surface area contributed by atoms with Crippen LogP contribution in [-0.4, -0.2) is 45.1 Å². The minimum Gasteiger partial charge on any atom is -0.476 e. The summed E-state index contributed by atoms with van der Waals surface area (Å²) in [5.41, 5.74) is 0.206. The topological polar surface area (TPSA) is 114 Å². The van der Waals surface area contributed by atoms with Crippen LogP contribution in [0.3, 0.4) is 0 Å². The molecule has 0 aliphatic carbocycles. The van der Waals surface area contributed by atoms with Crippen molar-refractivity contribution < 1.29 is 19.4 Å². The SMILES string of the molecule is CCOC(=O)c1csc(CCNc2cnc(C(=O)O)cn2)n1. The largest absolute Gasteiger partial charge is 0.476 e. The van der Waals surface area contributed by atoms with E-state index in [-0.39, 0.29) is 5.69 Å². The van der Waals surface area contributed by atoms with Crippen LogP contribution in [0.2, 0.25) is 0 Å². The van der Waals surface area contributed by atoms with Crippen LogP contribution >= 0.6 is 11.3 Å². The van der Waals surface area contributed by atoms with E-state index >= 15 is 0 Å². The number of hydrogen-bond acceptors (Lipinski definition) is 8. The molecule has 0 radical (unpaired) electrons. The van der Waals surface area contributed by atoms with Gasteiger partial charge in [0.2, 0.25) is 0 Å². The average Bonchev–Trinajstić information content (AvgIpc) is 2.97.